The number of carbonyl (C=O) groups excluding carboxylic acids is 1. The monoisotopic (exact) mass is 371 g/mol. The van der Waals surface area contributed by atoms with Crippen molar-refractivity contribution in [1.82, 2.24) is 25.0 Å². The van der Waals surface area contributed by atoms with E-state index in [1.165, 1.54) is 5.56 Å². The minimum atomic E-state index is -0.0735. The third kappa shape index (κ3) is 3.01. The van der Waals surface area contributed by atoms with Crippen LogP contribution in [0.3, 0.4) is 0 Å². The molecule has 5 rings (SSSR count). The Labute approximate surface area is 157 Å². The first-order chi connectivity index (χ1) is 12.7. The average molecular weight is 372 g/mol. The van der Waals surface area contributed by atoms with Crippen molar-refractivity contribution in [3.8, 4) is 0 Å². The standard InChI is InChI=1S/C19H22ClN5O/c20-16-4-2-1-3-12(16)8-24-9-13-7-17-22-23-18(19(26)21-15-5-6-15)25(17)11-14(13)10-24/h1-4,13-15H,5-11H2,(H,21,26)/t13-,14+/m0/s1. The first kappa shape index (κ1) is 16.3. The Hall–Kier alpha value is -1.92. The van der Waals surface area contributed by atoms with Gasteiger partial charge in [-0.2, -0.15) is 0 Å². The Morgan fingerprint density at radius 3 is 2.77 bits per heavy atom. The molecule has 2 aliphatic heterocycles. The van der Waals surface area contributed by atoms with Gasteiger partial charge in [0.25, 0.3) is 5.91 Å². The molecule has 1 N–H and O–H groups in total. The number of nitrogens with one attached hydrogen (secondary N) is 1. The summed E-state index contributed by atoms with van der Waals surface area (Å²) in [6, 6.07) is 8.39. The minimum absolute atomic E-state index is 0.0735. The van der Waals surface area contributed by atoms with Crippen LogP contribution in [-0.2, 0) is 19.5 Å². The zero-order valence-corrected chi connectivity index (χ0v) is 15.3. The first-order valence-electron chi connectivity index (χ1n) is 9.36. The van der Waals surface area contributed by atoms with Gasteiger partial charge in [-0.15, -0.1) is 10.2 Å². The predicted octanol–water partition coefficient (Wildman–Crippen LogP) is 2.13. The third-order valence-corrected chi connectivity index (χ3v) is 6.18. The molecule has 2 aromatic rings. The second-order valence-electron chi connectivity index (χ2n) is 7.81. The van der Waals surface area contributed by atoms with Gasteiger partial charge in [-0.25, -0.2) is 0 Å². The Kier molecular flexibility index (Phi) is 3.98. The van der Waals surface area contributed by atoms with Crippen LogP contribution >= 0.6 is 11.6 Å². The van der Waals surface area contributed by atoms with Gasteiger partial charge in [0.15, 0.2) is 0 Å². The van der Waals surface area contributed by atoms with E-state index in [4.69, 9.17) is 11.6 Å². The van der Waals surface area contributed by atoms with E-state index in [-0.39, 0.29) is 5.91 Å². The number of aromatic nitrogens is 3. The molecule has 3 heterocycles. The van der Waals surface area contributed by atoms with Crippen LogP contribution in [0.25, 0.3) is 0 Å². The van der Waals surface area contributed by atoms with E-state index in [0.29, 0.717) is 23.7 Å². The lowest BCUT2D eigenvalue weighted by Crippen LogP contribution is -2.33. The molecule has 1 aromatic carbocycles. The Balaban J connectivity index is 1.29. The lowest BCUT2D eigenvalue weighted by atomic mass is 9.89. The first-order valence-corrected chi connectivity index (χ1v) is 9.74. The molecule has 1 amide bonds. The number of halogens is 1. The highest BCUT2D eigenvalue weighted by Gasteiger charge is 2.39. The van der Waals surface area contributed by atoms with Gasteiger partial charge in [0.1, 0.15) is 5.82 Å². The largest absolute Gasteiger partial charge is 0.347 e. The Morgan fingerprint density at radius 1 is 1.15 bits per heavy atom. The molecule has 1 aliphatic carbocycles. The topological polar surface area (TPSA) is 63.1 Å². The van der Waals surface area contributed by atoms with Crippen molar-refractivity contribution in [2.75, 3.05) is 13.1 Å². The summed E-state index contributed by atoms with van der Waals surface area (Å²) in [5.41, 5.74) is 1.18. The maximum atomic E-state index is 12.4. The molecular formula is C19H22ClN5O. The third-order valence-electron chi connectivity index (χ3n) is 5.81. The smallest absolute Gasteiger partial charge is 0.289 e. The molecule has 1 saturated heterocycles. The maximum Gasteiger partial charge on any atom is 0.289 e. The number of hydrogen-bond acceptors (Lipinski definition) is 4. The highest BCUT2D eigenvalue weighted by molar-refractivity contribution is 6.31. The minimum Gasteiger partial charge on any atom is -0.347 e. The van der Waals surface area contributed by atoms with Crippen molar-refractivity contribution in [2.24, 2.45) is 11.8 Å². The summed E-state index contributed by atoms with van der Waals surface area (Å²) in [5, 5.41) is 12.3. The number of rotatable bonds is 4. The summed E-state index contributed by atoms with van der Waals surface area (Å²) in [6.45, 7) is 3.78. The molecule has 0 unspecified atom stereocenters. The van der Waals surface area contributed by atoms with Crippen LogP contribution in [-0.4, -0.2) is 44.7 Å². The molecule has 0 radical (unpaired) electrons. The number of amides is 1. The fourth-order valence-corrected chi connectivity index (χ4v) is 4.46. The van der Waals surface area contributed by atoms with Crippen LogP contribution in [0, 0.1) is 11.8 Å². The van der Waals surface area contributed by atoms with E-state index in [1.54, 1.807) is 0 Å². The molecule has 2 fully saturated rings. The molecule has 26 heavy (non-hydrogen) atoms. The van der Waals surface area contributed by atoms with Gasteiger partial charge >= 0.3 is 0 Å². The SMILES string of the molecule is O=C(NC1CC1)c1nnc2n1C[C@H]1CN(Cc3ccccc3Cl)C[C@@H]1C2. The number of likely N-dealkylation sites (tertiary alicyclic amines) is 1. The van der Waals surface area contributed by atoms with E-state index in [2.05, 4.69) is 26.5 Å². The lowest BCUT2D eigenvalue weighted by Gasteiger charge is -2.25. The Morgan fingerprint density at radius 2 is 1.96 bits per heavy atom. The van der Waals surface area contributed by atoms with Crippen molar-refractivity contribution in [3.05, 3.63) is 46.5 Å². The second kappa shape index (κ2) is 6.35. The summed E-state index contributed by atoms with van der Waals surface area (Å²) in [5.74, 6) is 2.47. The molecular weight excluding hydrogens is 350 g/mol. The fraction of sp³-hybridized carbons (Fsp3) is 0.526. The van der Waals surface area contributed by atoms with Crippen molar-refractivity contribution >= 4 is 17.5 Å². The average Bonchev–Trinajstić information content (AvgIpc) is 3.20. The summed E-state index contributed by atoms with van der Waals surface area (Å²) in [6.07, 6.45) is 3.05. The summed E-state index contributed by atoms with van der Waals surface area (Å²) in [7, 11) is 0. The van der Waals surface area contributed by atoms with Gasteiger partial charge in [0.2, 0.25) is 5.82 Å². The highest BCUT2D eigenvalue weighted by atomic mass is 35.5. The zero-order chi connectivity index (χ0) is 17.7. The zero-order valence-electron chi connectivity index (χ0n) is 14.6. The van der Waals surface area contributed by atoms with Gasteiger partial charge in [0.05, 0.1) is 0 Å². The number of nitrogens with zero attached hydrogens (tertiary/aromatic N) is 4. The predicted molar refractivity (Wildman–Crippen MR) is 97.9 cm³/mol. The van der Waals surface area contributed by atoms with Crippen molar-refractivity contribution in [1.29, 1.82) is 0 Å². The number of carbonyl (C=O) groups is 1. The highest BCUT2D eigenvalue weighted by Crippen LogP contribution is 2.34. The van der Waals surface area contributed by atoms with Crippen molar-refractivity contribution in [3.63, 3.8) is 0 Å². The molecule has 3 aliphatic rings. The van der Waals surface area contributed by atoms with E-state index in [9.17, 15) is 4.79 Å². The molecule has 0 spiro atoms. The summed E-state index contributed by atoms with van der Waals surface area (Å²) < 4.78 is 2.04. The molecule has 2 atom stereocenters. The number of fused-ring (bicyclic) bond motifs is 2. The van der Waals surface area contributed by atoms with Crippen LogP contribution in [0.1, 0.15) is 34.8 Å². The molecule has 136 valence electrons. The molecule has 7 heteroatoms. The summed E-state index contributed by atoms with van der Waals surface area (Å²) in [4.78, 5) is 14.9. The van der Waals surface area contributed by atoms with Crippen LogP contribution in [0.5, 0.6) is 0 Å². The van der Waals surface area contributed by atoms with Gasteiger partial charge in [-0.05, 0) is 36.3 Å². The number of benzene rings is 1. The Bertz CT molecular complexity index is 846. The van der Waals surface area contributed by atoms with Crippen LogP contribution < -0.4 is 5.32 Å². The van der Waals surface area contributed by atoms with Crippen molar-refractivity contribution in [2.45, 2.75) is 38.4 Å². The van der Waals surface area contributed by atoms with Crippen LogP contribution in [0.15, 0.2) is 24.3 Å². The van der Waals surface area contributed by atoms with E-state index < -0.39 is 0 Å². The molecule has 1 saturated carbocycles. The van der Waals surface area contributed by atoms with Gasteiger partial charge in [-0.1, -0.05) is 29.8 Å². The normalized spacial score (nSPS) is 25.0. The van der Waals surface area contributed by atoms with Crippen LogP contribution in [0.4, 0.5) is 0 Å². The van der Waals surface area contributed by atoms with Crippen molar-refractivity contribution < 1.29 is 4.79 Å². The second-order valence-corrected chi connectivity index (χ2v) is 8.22. The fourth-order valence-electron chi connectivity index (χ4n) is 4.26. The quantitative estimate of drug-likeness (QED) is 0.894. The molecule has 0 bridgehead atoms. The van der Waals surface area contributed by atoms with E-state index in [1.807, 2.05) is 22.8 Å². The molecule has 6 nitrogen and oxygen atoms in total. The maximum absolute atomic E-state index is 12.4. The van der Waals surface area contributed by atoms with E-state index in [0.717, 1.165) is 56.3 Å². The summed E-state index contributed by atoms with van der Waals surface area (Å²) >= 11 is 6.32. The van der Waals surface area contributed by atoms with Crippen LogP contribution in [0.2, 0.25) is 5.02 Å². The van der Waals surface area contributed by atoms with Gasteiger partial charge in [-0.3, -0.25) is 9.69 Å². The van der Waals surface area contributed by atoms with E-state index >= 15 is 0 Å². The number of hydrogen-bond donors (Lipinski definition) is 1. The van der Waals surface area contributed by atoms with Gasteiger partial charge in [0, 0.05) is 43.7 Å². The lowest BCUT2D eigenvalue weighted by molar-refractivity contribution is 0.0932. The van der Waals surface area contributed by atoms with Gasteiger partial charge < -0.3 is 9.88 Å². The molecule has 1 aromatic heterocycles.